The van der Waals surface area contributed by atoms with Gasteiger partial charge in [-0.05, 0) is 42.5 Å². The average Bonchev–Trinajstić information content (AvgIpc) is 2.39. The van der Waals surface area contributed by atoms with Gasteiger partial charge in [-0.15, -0.1) is 0 Å². The van der Waals surface area contributed by atoms with E-state index >= 15 is 0 Å². The van der Waals surface area contributed by atoms with Crippen molar-refractivity contribution in [2.24, 2.45) is 11.8 Å². The summed E-state index contributed by atoms with van der Waals surface area (Å²) in [4.78, 5) is 0. The minimum Gasteiger partial charge on any atom is -0.497 e. The van der Waals surface area contributed by atoms with Crippen LogP contribution in [0.4, 0.5) is 0 Å². The summed E-state index contributed by atoms with van der Waals surface area (Å²) in [7, 11) is 1.66. The van der Waals surface area contributed by atoms with Gasteiger partial charge >= 0.3 is 0 Å². The number of rotatable bonds is 7. The molecule has 0 aliphatic heterocycles. The van der Waals surface area contributed by atoms with Crippen LogP contribution in [0.25, 0.3) is 0 Å². The summed E-state index contributed by atoms with van der Waals surface area (Å²) in [5, 5.41) is 4.40. The molecule has 2 atom stereocenters. The fourth-order valence-electron chi connectivity index (χ4n) is 2.15. The summed E-state index contributed by atoms with van der Waals surface area (Å²) in [6.07, 6.45) is 1.12. The zero-order valence-corrected chi connectivity index (χ0v) is 13.4. The Morgan fingerprint density at radius 1 is 1.26 bits per heavy atom. The summed E-state index contributed by atoms with van der Waals surface area (Å²) >= 11 is 6.41. The lowest BCUT2D eigenvalue weighted by molar-refractivity contribution is 0.303. The maximum absolute atomic E-state index is 6.41. The number of nitrogens with one attached hydrogen (secondary N) is 1. The third-order valence-electron chi connectivity index (χ3n) is 3.73. The molecule has 0 aliphatic rings. The van der Waals surface area contributed by atoms with Crippen LogP contribution in [0.1, 0.15) is 45.7 Å². The first-order valence-corrected chi connectivity index (χ1v) is 7.45. The highest BCUT2D eigenvalue weighted by Crippen LogP contribution is 2.34. The van der Waals surface area contributed by atoms with Crippen molar-refractivity contribution >= 4 is 11.6 Å². The first-order chi connectivity index (χ1) is 9.01. The second kappa shape index (κ2) is 7.76. The van der Waals surface area contributed by atoms with Crippen molar-refractivity contribution in [3.05, 3.63) is 28.8 Å². The number of methoxy groups -OCH3 is 1. The molecule has 19 heavy (non-hydrogen) atoms. The van der Waals surface area contributed by atoms with Crippen molar-refractivity contribution in [1.29, 1.82) is 0 Å². The Bertz CT molecular complexity index is 392. The first-order valence-electron chi connectivity index (χ1n) is 7.08. The lowest BCUT2D eigenvalue weighted by atomic mass is 9.86. The van der Waals surface area contributed by atoms with E-state index in [0.29, 0.717) is 17.9 Å². The van der Waals surface area contributed by atoms with Gasteiger partial charge in [0.15, 0.2) is 0 Å². The normalized spacial score (nSPS) is 14.5. The molecule has 0 bridgehead atoms. The van der Waals surface area contributed by atoms with Gasteiger partial charge in [0, 0.05) is 11.1 Å². The molecule has 0 heterocycles. The molecule has 1 aromatic rings. The van der Waals surface area contributed by atoms with E-state index in [1.807, 2.05) is 12.1 Å². The second-order valence-corrected chi connectivity index (χ2v) is 5.83. The van der Waals surface area contributed by atoms with Crippen molar-refractivity contribution in [2.45, 2.75) is 40.2 Å². The Hall–Kier alpha value is -0.730. The number of hydrogen-bond acceptors (Lipinski definition) is 2. The van der Waals surface area contributed by atoms with Gasteiger partial charge in [0.1, 0.15) is 5.75 Å². The van der Waals surface area contributed by atoms with E-state index < -0.39 is 0 Å². The molecule has 2 unspecified atom stereocenters. The molecular formula is C16H26ClNO. The predicted octanol–water partition coefficient (Wildman–Crippen LogP) is 4.68. The van der Waals surface area contributed by atoms with Crippen molar-refractivity contribution in [3.63, 3.8) is 0 Å². The minimum absolute atomic E-state index is 0.290. The van der Waals surface area contributed by atoms with E-state index in [-0.39, 0.29) is 0 Å². The van der Waals surface area contributed by atoms with E-state index in [2.05, 4.69) is 39.1 Å². The van der Waals surface area contributed by atoms with Crippen LogP contribution in [0.15, 0.2) is 18.2 Å². The Kier molecular flexibility index (Phi) is 6.67. The second-order valence-electron chi connectivity index (χ2n) is 5.42. The van der Waals surface area contributed by atoms with Crippen molar-refractivity contribution < 1.29 is 4.74 Å². The van der Waals surface area contributed by atoms with Crippen LogP contribution in [0.5, 0.6) is 5.75 Å². The largest absolute Gasteiger partial charge is 0.497 e. The quantitative estimate of drug-likeness (QED) is 0.784. The van der Waals surface area contributed by atoms with E-state index in [9.17, 15) is 0 Å². The van der Waals surface area contributed by atoms with Crippen molar-refractivity contribution in [3.8, 4) is 5.75 Å². The smallest absolute Gasteiger partial charge is 0.120 e. The standard InChI is InChI=1S/C16H26ClNO/c1-6-9-18-16(12(4)11(2)3)14-8-7-13(19-5)10-15(14)17/h7-8,10-12,16,18H,6,9H2,1-5H3. The van der Waals surface area contributed by atoms with Crippen LogP contribution in [-0.2, 0) is 0 Å². The molecule has 0 spiro atoms. The maximum atomic E-state index is 6.41. The first kappa shape index (κ1) is 16.3. The summed E-state index contributed by atoms with van der Waals surface area (Å²) in [6.45, 7) is 9.97. The Labute approximate surface area is 122 Å². The molecule has 0 amide bonds. The molecule has 1 rings (SSSR count). The highest BCUT2D eigenvalue weighted by Gasteiger charge is 2.23. The molecule has 2 nitrogen and oxygen atoms in total. The molecule has 0 saturated carbocycles. The van der Waals surface area contributed by atoms with Crippen LogP contribution < -0.4 is 10.1 Å². The van der Waals surface area contributed by atoms with Crippen LogP contribution in [0, 0.1) is 11.8 Å². The highest BCUT2D eigenvalue weighted by atomic mass is 35.5. The summed E-state index contributed by atoms with van der Waals surface area (Å²) in [6, 6.07) is 6.24. The summed E-state index contributed by atoms with van der Waals surface area (Å²) in [5.74, 6) is 1.94. The molecular weight excluding hydrogens is 258 g/mol. The number of halogens is 1. The Morgan fingerprint density at radius 3 is 2.42 bits per heavy atom. The Morgan fingerprint density at radius 2 is 1.95 bits per heavy atom. The Balaban J connectivity index is 3.02. The van der Waals surface area contributed by atoms with Crippen LogP contribution in [-0.4, -0.2) is 13.7 Å². The van der Waals surface area contributed by atoms with Gasteiger partial charge in [-0.1, -0.05) is 45.4 Å². The lowest BCUT2D eigenvalue weighted by Gasteiger charge is -2.29. The zero-order chi connectivity index (χ0) is 14.4. The number of ether oxygens (including phenoxy) is 1. The van der Waals surface area contributed by atoms with E-state index in [1.54, 1.807) is 7.11 Å². The van der Waals surface area contributed by atoms with E-state index in [0.717, 1.165) is 29.3 Å². The number of benzene rings is 1. The third kappa shape index (κ3) is 4.39. The van der Waals surface area contributed by atoms with Crippen molar-refractivity contribution in [2.75, 3.05) is 13.7 Å². The van der Waals surface area contributed by atoms with Gasteiger partial charge < -0.3 is 10.1 Å². The average molecular weight is 284 g/mol. The van der Waals surface area contributed by atoms with Gasteiger partial charge in [-0.2, -0.15) is 0 Å². The highest BCUT2D eigenvalue weighted by molar-refractivity contribution is 6.31. The van der Waals surface area contributed by atoms with E-state index in [4.69, 9.17) is 16.3 Å². The fraction of sp³-hybridized carbons (Fsp3) is 0.625. The molecule has 0 aromatic heterocycles. The SMILES string of the molecule is CCCNC(c1ccc(OC)cc1Cl)C(C)C(C)C. The molecule has 1 N–H and O–H groups in total. The fourth-order valence-corrected chi connectivity index (χ4v) is 2.44. The molecule has 108 valence electrons. The van der Waals surface area contributed by atoms with Crippen LogP contribution >= 0.6 is 11.6 Å². The molecule has 0 fully saturated rings. The summed E-state index contributed by atoms with van der Waals surface area (Å²) < 4.78 is 5.21. The van der Waals surface area contributed by atoms with Gasteiger partial charge in [0.05, 0.1) is 7.11 Å². The topological polar surface area (TPSA) is 21.3 Å². The van der Waals surface area contributed by atoms with Crippen molar-refractivity contribution in [1.82, 2.24) is 5.32 Å². The monoisotopic (exact) mass is 283 g/mol. The predicted molar refractivity (Wildman–Crippen MR) is 83.0 cm³/mol. The zero-order valence-electron chi connectivity index (χ0n) is 12.7. The molecule has 0 saturated heterocycles. The van der Waals surface area contributed by atoms with Crippen LogP contribution in [0.3, 0.4) is 0 Å². The maximum Gasteiger partial charge on any atom is 0.120 e. The minimum atomic E-state index is 0.290. The number of hydrogen-bond donors (Lipinski definition) is 1. The van der Waals surface area contributed by atoms with E-state index in [1.165, 1.54) is 0 Å². The van der Waals surface area contributed by atoms with Gasteiger partial charge in [-0.25, -0.2) is 0 Å². The summed E-state index contributed by atoms with van der Waals surface area (Å²) in [5.41, 5.74) is 1.16. The molecule has 0 aliphatic carbocycles. The lowest BCUT2D eigenvalue weighted by Crippen LogP contribution is -2.30. The molecule has 3 heteroatoms. The van der Waals surface area contributed by atoms with Gasteiger partial charge in [-0.3, -0.25) is 0 Å². The third-order valence-corrected chi connectivity index (χ3v) is 4.06. The van der Waals surface area contributed by atoms with Gasteiger partial charge in [0.2, 0.25) is 0 Å². The van der Waals surface area contributed by atoms with Gasteiger partial charge in [0.25, 0.3) is 0 Å². The van der Waals surface area contributed by atoms with Crippen LogP contribution in [0.2, 0.25) is 5.02 Å². The molecule has 0 radical (unpaired) electrons. The molecule has 1 aromatic carbocycles.